The van der Waals surface area contributed by atoms with Gasteiger partial charge in [0.05, 0.1) is 6.07 Å². The van der Waals surface area contributed by atoms with E-state index in [0.717, 1.165) is 5.56 Å². The van der Waals surface area contributed by atoms with E-state index in [9.17, 15) is 5.26 Å². The Hall–Kier alpha value is -1.33. The van der Waals surface area contributed by atoms with Gasteiger partial charge in [-0.25, -0.2) is 0 Å². The quantitative estimate of drug-likeness (QED) is 0.821. The van der Waals surface area contributed by atoms with Crippen molar-refractivity contribution in [3.63, 3.8) is 0 Å². The number of hydrogen-bond acceptors (Lipinski definition) is 2. The molecule has 1 fully saturated rings. The van der Waals surface area contributed by atoms with E-state index in [2.05, 4.69) is 44.3 Å². The van der Waals surface area contributed by atoms with Gasteiger partial charge in [-0.1, -0.05) is 37.8 Å². The van der Waals surface area contributed by atoms with Gasteiger partial charge in [-0.2, -0.15) is 5.26 Å². The molecule has 0 saturated heterocycles. The maximum Gasteiger partial charge on any atom is 0.121 e. The van der Waals surface area contributed by atoms with Crippen molar-refractivity contribution in [2.45, 2.75) is 71.4 Å². The van der Waals surface area contributed by atoms with Crippen molar-refractivity contribution in [2.75, 3.05) is 0 Å². The first-order valence-corrected chi connectivity index (χ1v) is 7.85. The molecule has 0 aliphatic heterocycles. The molecule has 1 aliphatic carbocycles. The van der Waals surface area contributed by atoms with Crippen LogP contribution in [0.25, 0.3) is 0 Å². The van der Waals surface area contributed by atoms with E-state index in [1.807, 2.05) is 0 Å². The predicted octanol–water partition coefficient (Wildman–Crippen LogP) is 4.49. The number of rotatable bonds is 3. The number of nitriles is 1. The molecule has 108 valence electrons. The van der Waals surface area contributed by atoms with Gasteiger partial charge < -0.3 is 0 Å². The van der Waals surface area contributed by atoms with Gasteiger partial charge in [0.2, 0.25) is 0 Å². The smallest absolute Gasteiger partial charge is 0.121 e. The third-order valence-corrected chi connectivity index (χ3v) is 4.58. The van der Waals surface area contributed by atoms with Crippen LogP contribution in [-0.4, -0.2) is 6.04 Å². The molecule has 1 saturated carbocycles. The molecule has 0 spiro atoms. The molecular formula is C18H26N2. The average Bonchev–Trinajstić information content (AvgIpc) is 2.69. The summed E-state index contributed by atoms with van der Waals surface area (Å²) in [5, 5.41) is 13.1. The van der Waals surface area contributed by atoms with E-state index in [1.54, 1.807) is 0 Å². The summed E-state index contributed by atoms with van der Waals surface area (Å²) in [4.78, 5) is 0. The molecule has 1 unspecified atom stereocenters. The molecule has 1 N–H and O–H groups in total. The van der Waals surface area contributed by atoms with Crippen molar-refractivity contribution in [1.82, 2.24) is 5.32 Å². The van der Waals surface area contributed by atoms with Crippen LogP contribution in [0.15, 0.2) is 12.1 Å². The fourth-order valence-electron chi connectivity index (χ4n) is 3.17. The third-order valence-electron chi connectivity index (χ3n) is 4.58. The minimum atomic E-state index is -0.169. The molecule has 2 rings (SSSR count). The van der Waals surface area contributed by atoms with Crippen LogP contribution in [-0.2, 0) is 0 Å². The zero-order valence-corrected chi connectivity index (χ0v) is 13.0. The number of nitrogens with zero attached hydrogens (tertiary/aromatic N) is 1. The average molecular weight is 270 g/mol. The van der Waals surface area contributed by atoms with Crippen LogP contribution in [0.3, 0.4) is 0 Å². The Morgan fingerprint density at radius 2 is 1.60 bits per heavy atom. The molecule has 2 nitrogen and oxygen atoms in total. The SMILES string of the molecule is Cc1cc(C)c(C(C#N)NC2CCCCCC2)cc1C. The van der Waals surface area contributed by atoms with Gasteiger partial charge in [0.25, 0.3) is 0 Å². The van der Waals surface area contributed by atoms with Crippen LogP contribution in [0.4, 0.5) is 0 Å². The minimum Gasteiger partial charge on any atom is -0.295 e. The number of aryl methyl sites for hydroxylation is 3. The highest BCUT2D eigenvalue weighted by Gasteiger charge is 2.19. The van der Waals surface area contributed by atoms with Crippen molar-refractivity contribution in [3.8, 4) is 6.07 Å². The molecule has 0 aromatic heterocycles. The lowest BCUT2D eigenvalue weighted by atomic mass is 9.95. The van der Waals surface area contributed by atoms with Gasteiger partial charge in [0.15, 0.2) is 0 Å². The van der Waals surface area contributed by atoms with E-state index in [4.69, 9.17) is 0 Å². The summed E-state index contributed by atoms with van der Waals surface area (Å²) >= 11 is 0. The van der Waals surface area contributed by atoms with Crippen LogP contribution >= 0.6 is 0 Å². The zero-order chi connectivity index (χ0) is 14.5. The maximum absolute atomic E-state index is 9.55. The summed E-state index contributed by atoms with van der Waals surface area (Å²) in [5.74, 6) is 0. The summed E-state index contributed by atoms with van der Waals surface area (Å²) in [6, 6.07) is 7.18. The van der Waals surface area contributed by atoms with E-state index in [-0.39, 0.29) is 6.04 Å². The Morgan fingerprint density at radius 1 is 1.00 bits per heavy atom. The van der Waals surface area contributed by atoms with E-state index in [1.165, 1.54) is 55.2 Å². The van der Waals surface area contributed by atoms with Crippen LogP contribution in [0.1, 0.15) is 66.8 Å². The fourth-order valence-corrected chi connectivity index (χ4v) is 3.17. The second kappa shape index (κ2) is 6.90. The standard InChI is InChI=1S/C18H26N2/c1-13-10-15(3)17(11-14(13)2)18(12-19)20-16-8-6-4-5-7-9-16/h10-11,16,18,20H,4-9H2,1-3H3. The molecule has 1 aromatic carbocycles. The lowest BCUT2D eigenvalue weighted by molar-refractivity contribution is 0.436. The summed E-state index contributed by atoms with van der Waals surface area (Å²) in [6.07, 6.45) is 7.70. The molecule has 2 heteroatoms. The summed E-state index contributed by atoms with van der Waals surface area (Å²) in [7, 11) is 0. The largest absolute Gasteiger partial charge is 0.295 e. The monoisotopic (exact) mass is 270 g/mol. The van der Waals surface area contributed by atoms with E-state index < -0.39 is 0 Å². The molecule has 1 aliphatic rings. The normalized spacial score (nSPS) is 18.3. The van der Waals surface area contributed by atoms with Crippen LogP contribution < -0.4 is 5.32 Å². The van der Waals surface area contributed by atoms with Crippen molar-refractivity contribution in [2.24, 2.45) is 0 Å². The van der Waals surface area contributed by atoms with Gasteiger partial charge in [0, 0.05) is 6.04 Å². The molecule has 0 heterocycles. The molecular weight excluding hydrogens is 244 g/mol. The Bertz CT molecular complexity index is 491. The molecule has 0 bridgehead atoms. The molecule has 1 aromatic rings. The second-order valence-corrected chi connectivity index (χ2v) is 6.21. The van der Waals surface area contributed by atoms with Crippen LogP contribution in [0.2, 0.25) is 0 Å². The lowest BCUT2D eigenvalue weighted by Crippen LogP contribution is -2.32. The first-order chi connectivity index (χ1) is 9.61. The minimum absolute atomic E-state index is 0.169. The first-order valence-electron chi connectivity index (χ1n) is 7.85. The fraction of sp³-hybridized carbons (Fsp3) is 0.611. The Labute approximate surface area is 123 Å². The molecule has 20 heavy (non-hydrogen) atoms. The highest BCUT2D eigenvalue weighted by molar-refractivity contribution is 5.40. The van der Waals surface area contributed by atoms with Gasteiger partial charge >= 0.3 is 0 Å². The Kier molecular flexibility index (Phi) is 5.20. The van der Waals surface area contributed by atoms with Crippen molar-refractivity contribution >= 4 is 0 Å². The number of nitrogens with one attached hydrogen (secondary N) is 1. The van der Waals surface area contributed by atoms with E-state index >= 15 is 0 Å². The first kappa shape index (κ1) is 15.1. The summed E-state index contributed by atoms with van der Waals surface area (Å²) in [6.45, 7) is 6.37. The predicted molar refractivity (Wildman–Crippen MR) is 83.6 cm³/mol. The number of benzene rings is 1. The van der Waals surface area contributed by atoms with Gasteiger partial charge in [-0.05, 0) is 55.9 Å². The molecule has 0 amide bonds. The van der Waals surface area contributed by atoms with Gasteiger partial charge in [-0.15, -0.1) is 0 Å². The summed E-state index contributed by atoms with van der Waals surface area (Å²) in [5.41, 5.74) is 4.95. The highest BCUT2D eigenvalue weighted by Crippen LogP contribution is 2.24. The Morgan fingerprint density at radius 3 is 2.20 bits per heavy atom. The van der Waals surface area contributed by atoms with Crippen molar-refractivity contribution in [1.29, 1.82) is 5.26 Å². The molecule has 1 atom stereocenters. The maximum atomic E-state index is 9.55. The van der Waals surface area contributed by atoms with E-state index in [0.29, 0.717) is 6.04 Å². The summed E-state index contributed by atoms with van der Waals surface area (Å²) < 4.78 is 0. The lowest BCUT2D eigenvalue weighted by Gasteiger charge is -2.22. The van der Waals surface area contributed by atoms with Crippen LogP contribution in [0.5, 0.6) is 0 Å². The number of hydrogen-bond donors (Lipinski definition) is 1. The topological polar surface area (TPSA) is 35.8 Å². The van der Waals surface area contributed by atoms with Crippen molar-refractivity contribution in [3.05, 3.63) is 34.4 Å². The van der Waals surface area contributed by atoms with Gasteiger partial charge in [0.1, 0.15) is 6.04 Å². The van der Waals surface area contributed by atoms with Crippen LogP contribution in [0, 0.1) is 32.1 Å². The highest BCUT2D eigenvalue weighted by atomic mass is 14.9. The second-order valence-electron chi connectivity index (χ2n) is 6.21. The molecule has 0 radical (unpaired) electrons. The Balaban J connectivity index is 2.15. The van der Waals surface area contributed by atoms with Crippen molar-refractivity contribution < 1.29 is 0 Å². The zero-order valence-electron chi connectivity index (χ0n) is 13.0. The third kappa shape index (κ3) is 3.61. The van der Waals surface area contributed by atoms with Gasteiger partial charge in [-0.3, -0.25) is 5.32 Å².